The largest absolute Gasteiger partial charge is 0.362 e. The average Bonchev–Trinajstić information content (AvgIpc) is 2.90. The van der Waals surface area contributed by atoms with Gasteiger partial charge in [-0.15, -0.1) is 0 Å². The molecule has 1 heterocycles. The third kappa shape index (κ3) is 1.97. The maximum absolute atomic E-state index is 11.4. The summed E-state index contributed by atoms with van der Waals surface area (Å²) in [5, 5.41) is 2.96. The van der Waals surface area contributed by atoms with Gasteiger partial charge in [-0.05, 0) is 38.3 Å². The van der Waals surface area contributed by atoms with Crippen molar-refractivity contribution >= 4 is 5.91 Å². The predicted octanol–water partition coefficient (Wildman–Crippen LogP) is 1.66. The normalized spacial score (nSPS) is 15.6. The number of carbonyl (C=O) groups is 1. The molecule has 14 heavy (non-hydrogen) atoms. The number of aromatic amines is 1. The molecule has 1 aliphatic carbocycles. The van der Waals surface area contributed by atoms with E-state index in [2.05, 4.69) is 16.4 Å². The molecular weight excluding hydrogens is 176 g/mol. The number of aromatic nitrogens is 1. The van der Waals surface area contributed by atoms with Gasteiger partial charge >= 0.3 is 0 Å². The molecule has 0 radical (unpaired) electrons. The van der Waals surface area contributed by atoms with Gasteiger partial charge in [0.05, 0.1) is 0 Å². The van der Waals surface area contributed by atoms with Gasteiger partial charge in [-0.25, -0.2) is 0 Å². The second kappa shape index (κ2) is 3.48. The van der Waals surface area contributed by atoms with Crippen molar-refractivity contribution in [3.8, 4) is 0 Å². The highest BCUT2D eigenvalue weighted by atomic mass is 16.2. The molecule has 1 amide bonds. The maximum atomic E-state index is 11.4. The van der Waals surface area contributed by atoms with Gasteiger partial charge in [0.2, 0.25) is 5.91 Å². The van der Waals surface area contributed by atoms with E-state index in [1.165, 1.54) is 5.56 Å². The first-order valence-electron chi connectivity index (χ1n) is 5.09. The molecular formula is C11H16N2O. The van der Waals surface area contributed by atoms with Crippen molar-refractivity contribution in [2.45, 2.75) is 33.2 Å². The zero-order valence-corrected chi connectivity index (χ0v) is 8.68. The average molecular weight is 192 g/mol. The fraction of sp³-hybridized carbons (Fsp3) is 0.545. The number of H-pyrrole nitrogens is 1. The van der Waals surface area contributed by atoms with Crippen molar-refractivity contribution in [3.05, 3.63) is 23.0 Å². The molecule has 0 aromatic carbocycles. The third-order valence-electron chi connectivity index (χ3n) is 2.66. The van der Waals surface area contributed by atoms with E-state index in [-0.39, 0.29) is 5.91 Å². The Kier molecular flexibility index (Phi) is 2.32. The lowest BCUT2D eigenvalue weighted by atomic mass is 10.2. The van der Waals surface area contributed by atoms with Crippen LogP contribution in [0.25, 0.3) is 0 Å². The maximum Gasteiger partial charge on any atom is 0.223 e. The molecule has 0 unspecified atom stereocenters. The van der Waals surface area contributed by atoms with E-state index in [9.17, 15) is 4.79 Å². The highest BCUT2D eigenvalue weighted by Gasteiger charge is 2.29. The van der Waals surface area contributed by atoms with Crippen LogP contribution in [0.1, 0.15) is 29.8 Å². The fourth-order valence-electron chi connectivity index (χ4n) is 1.64. The minimum Gasteiger partial charge on any atom is -0.362 e. The zero-order chi connectivity index (χ0) is 10.1. The lowest BCUT2D eigenvalue weighted by molar-refractivity contribution is -0.122. The van der Waals surface area contributed by atoms with E-state index >= 15 is 0 Å². The molecule has 2 N–H and O–H groups in total. The summed E-state index contributed by atoms with van der Waals surface area (Å²) >= 11 is 0. The summed E-state index contributed by atoms with van der Waals surface area (Å²) in [6.45, 7) is 4.72. The van der Waals surface area contributed by atoms with Crippen molar-refractivity contribution in [3.63, 3.8) is 0 Å². The van der Waals surface area contributed by atoms with E-state index in [0.717, 1.165) is 24.2 Å². The highest BCUT2D eigenvalue weighted by molar-refractivity contribution is 5.80. The lowest BCUT2D eigenvalue weighted by Gasteiger charge is -2.02. The van der Waals surface area contributed by atoms with Gasteiger partial charge in [0.1, 0.15) is 0 Å². The van der Waals surface area contributed by atoms with Crippen LogP contribution in [0.15, 0.2) is 6.07 Å². The van der Waals surface area contributed by atoms with Crippen LogP contribution in [0.4, 0.5) is 0 Å². The molecule has 76 valence electrons. The molecule has 1 aliphatic rings. The molecule has 0 bridgehead atoms. The van der Waals surface area contributed by atoms with Crippen molar-refractivity contribution < 1.29 is 4.79 Å². The molecule has 3 heteroatoms. The number of amides is 1. The van der Waals surface area contributed by atoms with Crippen LogP contribution in [0, 0.1) is 19.8 Å². The quantitative estimate of drug-likeness (QED) is 0.751. The summed E-state index contributed by atoms with van der Waals surface area (Å²) in [6, 6.07) is 2.09. The van der Waals surface area contributed by atoms with Gasteiger partial charge in [-0.2, -0.15) is 0 Å². The van der Waals surface area contributed by atoms with Gasteiger partial charge in [-0.1, -0.05) is 0 Å². The molecule has 1 aromatic heterocycles. The Bertz CT molecular complexity index is 350. The summed E-state index contributed by atoms with van der Waals surface area (Å²) in [5.41, 5.74) is 3.49. The molecule has 0 spiro atoms. The Hall–Kier alpha value is -1.25. The van der Waals surface area contributed by atoms with Gasteiger partial charge in [0.15, 0.2) is 0 Å². The standard InChI is InChI=1S/C11H16N2O/c1-7-5-10(8(2)13-7)6-12-11(14)9-3-4-9/h5,9,13H,3-4,6H2,1-2H3,(H,12,14). The van der Waals surface area contributed by atoms with Crippen LogP contribution in [0.2, 0.25) is 0 Å². The molecule has 3 nitrogen and oxygen atoms in total. The number of hydrogen-bond acceptors (Lipinski definition) is 1. The summed E-state index contributed by atoms with van der Waals surface area (Å²) in [7, 11) is 0. The second-order valence-electron chi connectivity index (χ2n) is 4.09. The summed E-state index contributed by atoms with van der Waals surface area (Å²) in [5.74, 6) is 0.513. The van der Waals surface area contributed by atoms with Gasteiger partial charge in [-0.3, -0.25) is 4.79 Å². The monoisotopic (exact) mass is 192 g/mol. The molecule has 0 saturated heterocycles. The molecule has 0 aliphatic heterocycles. The van der Waals surface area contributed by atoms with E-state index in [0.29, 0.717) is 12.5 Å². The van der Waals surface area contributed by atoms with Gasteiger partial charge in [0.25, 0.3) is 0 Å². The molecule has 2 rings (SSSR count). The topological polar surface area (TPSA) is 44.9 Å². The molecule has 1 saturated carbocycles. The Morgan fingerprint density at radius 2 is 2.29 bits per heavy atom. The van der Waals surface area contributed by atoms with Crippen LogP contribution in [0.5, 0.6) is 0 Å². The number of rotatable bonds is 3. The van der Waals surface area contributed by atoms with Gasteiger partial charge in [0, 0.05) is 23.9 Å². The van der Waals surface area contributed by atoms with Crippen molar-refractivity contribution in [1.29, 1.82) is 0 Å². The predicted molar refractivity (Wildman–Crippen MR) is 54.8 cm³/mol. The lowest BCUT2D eigenvalue weighted by Crippen LogP contribution is -2.24. The van der Waals surface area contributed by atoms with Crippen molar-refractivity contribution in [2.75, 3.05) is 0 Å². The Balaban J connectivity index is 1.90. The highest BCUT2D eigenvalue weighted by Crippen LogP contribution is 2.28. The number of nitrogens with one attached hydrogen (secondary N) is 2. The van der Waals surface area contributed by atoms with E-state index in [1.807, 2.05) is 13.8 Å². The minimum absolute atomic E-state index is 0.211. The number of carbonyl (C=O) groups excluding carboxylic acids is 1. The van der Waals surface area contributed by atoms with Crippen LogP contribution < -0.4 is 5.32 Å². The first-order valence-corrected chi connectivity index (χ1v) is 5.09. The van der Waals surface area contributed by atoms with Gasteiger partial charge < -0.3 is 10.3 Å². The van der Waals surface area contributed by atoms with Crippen molar-refractivity contribution in [2.24, 2.45) is 5.92 Å². The minimum atomic E-state index is 0.211. The number of hydrogen-bond donors (Lipinski definition) is 2. The van der Waals surface area contributed by atoms with Crippen LogP contribution in [-0.2, 0) is 11.3 Å². The number of aryl methyl sites for hydroxylation is 2. The molecule has 0 atom stereocenters. The van der Waals surface area contributed by atoms with E-state index < -0.39 is 0 Å². The van der Waals surface area contributed by atoms with E-state index in [1.54, 1.807) is 0 Å². The summed E-state index contributed by atoms with van der Waals surface area (Å²) in [4.78, 5) is 14.6. The summed E-state index contributed by atoms with van der Waals surface area (Å²) < 4.78 is 0. The second-order valence-corrected chi connectivity index (χ2v) is 4.09. The van der Waals surface area contributed by atoms with Crippen LogP contribution >= 0.6 is 0 Å². The first-order chi connectivity index (χ1) is 6.66. The van der Waals surface area contributed by atoms with Crippen LogP contribution in [-0.4, -0.2) is 10.9 Å². The Morgan fingerprint density at radius 3 is 2.79 bits per heavy atom. The first kappa shape index (κ1) is 9.31. The fourth-order valence-corrected chi connectivity index (χ4v) is 1.64. The van der Waals surface area contributed by atoms with Crippen molar-refractivity contribution in [1.82, 2.24) is 10.3 Å². The Labute approximate surface area is 83.9 Å². The molecule has 1 fully saturated rings. The smallest absolute Gasteiger partial charge is 0.223 e. The SMILES string of the molecule is Cc1cc(CNC(=O)C2CC2)c(C)[nH]1. The van der Waals surface area contributed by atoms with Crippen LogP contribution in [0.3, 0.4) is 0 Å². The van der Waals surface area contributed by atoms with E-state index in [4.69, 9.17) is 0 Å². The Morgan fingerprint density at radius 1 is 1.57 bits per heavy atom. The zero-order valence-electron chi connectivity index (χ0n) is 8.68. The third-order valence-corrected chi connectivity index (χ3v) is 2.66. The molecule has 1 aromatic rings. The summed E-state index contributed by atoms with van der Waals surface area (Å²) in [6.07, 6.45) is 2.13.